The summed E-state index contributed by atoms with van der Waals surface area (Å²) < 4.78 is 4.01. The average Bonchev–Trinajstić information content (AvgIpc) is 3.12. The van der Waals surface area contributed by atoms with Crippen molar-refractivity contribution in [2.75, 3.05) is 11.4 Å². The first-order chi connectivity index (χ1) is 10.8. The fourth-order valence-electron chi connectivity index (χ4n) is 3.14. The molecule has 0 saturated heterocycles. The Hall–Kier alpha value is -2.30. The molecule has 0 aromatic carbocycles. The first kappa shape index (κ1) is 13.4. The van der Waals surface area contributed by atoms with Gasteiger partial charge in [-0.1, -0.05) is 18.6 Å². The van der Waals surface area contributed by atoms with E-state index < -0.39 is 0 Å². The van der Waals surface area contributed by atoms with Crippen molar-refractivity contribution in [3.8, 4) is 0 Å². The number of aryl methyl sites for hydroxylation is 1. The van der Waals surface area contributed by atoms with Gasteiger partial charge in [-0.2, -0.15) is 10.2 Å². The second kappa shape index (κ2) is 5.48. The van der Waals surface area contributed by atoms with Crippen molar-refractivity contribution in [3.05, 3.63) is 48.6 Å². The van der Waals surface area contributed by atoms with E-state index in [1.807, 2.05) is 24.1 Å². The first-order valence-corrected chi connectivity index (χ1v) is 7.96. The lowest BCUT2D eigenvalue weighted by molar-refractivity contribution is 0.266. The Balaban J connectivity index is 1.59. The quantitative estimate of drug-likeness (QED) is 0.870. The van der Waals surface area contributed by atoms with Crippen molar-refractivity contribution < 1.29 is 0 Å². The fourth-order valence-corrected chi connectivity index (χ4v) is 3.14. The molecule has 2 aromatic heterocycles. The van der Waals surface area contributed by atoms with E-state index in [2.05, 4.69) is 50.3 Å². The van der Waals surface area contributed by atoms with Crippen LogP contribution in [0, 0.1) is 5.92 Å². The standard InChI is InChI=1S/C17H21N5/c1-20-16(8-9-18-20)17-7-2-3-10-22(17)15-11-19-21(13-15)12-14-5-4-6-14/h2-3,7-9,11,13-14H,4-6,10,12H2,1H3. The number of hydrogen-bond acceptors (Lipinski definition) is 3. The molecule has 0 radical (unpaired) electrons. The van der Waals surface area contributed by atoms with Gasteiger partial charge in [0.2, 0.25) is 0 Å². The third-order valence-electron chi connectivity index (χ3n) is 4.65. The molecule has 0 bridgehead atoms. The SMILES string of the molecule is Cn1nccc1C1=CC=CCN1c1cnn(CC2CCC2)c1. The largest absolute Gasteiger partial charge is 0.333 e. The van der Waals surface area contributed by atoms with Crippen LogP contribution in [0.2, 0.25) is 0 Å². The molecule has 1 saturated carbocycles. The lowest BCUT2D eigenvalue weighted by Gasteiger charge is -2.27. The number of aromatic nitrogens is 4. The zero-order chi connectivity index (χ0) is 14.9. The van der Waals surface area contributed by atoms with E-state index in [9.17, 15) is 0 Å². The lowest BCUT2D eigenvalue weighted by Crippen LogP contribution is -2.24. The van der Waals surface area contributed by atoms with Crippen molar-refractivity contribution in [2.45, 2.75) is 25.8 Å². The molecular weight excluding hydrogens is 274 g/mol. The van der Waals surface area contributed by atoms with Gasteiger partial charge in [-0.15, -0.1) is 0 Å². The normalized spacial score (nSPS) is 18.4. The topological polar surface area (TPSA) is 38.9 Å². The van der Waals surface area contributed by atoms with Crippen LogP contribution in [-0.2, 0) is 13.6 Å². The maximum atomic E-state index is 4.55. The van der Waals surface area contributed by atoms with Gasteiger partial charge >= 0.3 is 0 Å². The van der Waals surface area contributed by atoms with E-state index in [0.29, 0.717) is 0 Å². The summed E-state index contributed by atoms with van der Waals surface area (Å²) in [5.41, 5.74) is 3.44. The average molecular weight is 295 g/mol. The zero-order valence-electron chi connectivity index (χ0n) is 12.9. The Kier molecular flexibility index (Phi) is 3.33. The molecule has 3 heterocycles. The molecule has 1 fully saturated rings. The summed E-state index contributed by atoms with van der Waals surface area (Å²) in [6, 6.07) is 2.05. The highest BCUT2D eigenvalue weighted by Gasteiger charge is 2.21. The van der Waals surface area contributed by atoms with Crippen LogP contribution in [0.4, 0.5) is 5.69 Å². The van der Waals surface area contributed by atoms with E-state index in [1.165, 1.54) is 25.0 Å². The van der Waals surface area contributed by atoms with Crippen LogP contribution in [0.25, 0.3) is 5.70 Å². The summed E-state index contributed by atoms with van der Waals surface area (Å²) in [6.07, 6.45) is 16.5. The van der Waals surface area contributed by atoms with Crippen LogP contribution in [0.5, 0.6) is 0 Å². The highest BCUT2D eigenvalue weighted by atomic mass is 15.3. The van der Waals surface area contributed by atoms with Gasteiger partial charge in [-0.3, -0.25) is 9.36 Å². The summed E-state index contributed by atoms with van der Waals surface area (Å²) in [7, 11) is 1.98. The molecule has 0 spiro atoms. The van der Waals surface area contributed by atoms with Crippen LogP contribution in [0.15, 0.2) is 42.9 Å². The van der Waals surface area contributed by atoms with Gasteiger partial charge in [0.1, 0.15) is 0 Å². The number of rotatable bonds is 4. The molecular formula is C17H21N5. The summed E-state index contributed by atoms with van der Waals surface area (Å²) in [5, 5.41) is 8.84. The third kappa shape index (κ3) is 2.36. The highest BCUT2D eigenvalue weighted by molar-refractivity contribution is 5.79. The summed E-state index contributed by atoms with van der Waals surface area (Å²) >= 11 is 0. The molecule has 114 valence electrons. The van der Waals surface area contributed by atoms with E-state index in [-0.39, 0.29) is 0 Å². The Morgan fingerprint density at radius 3 is 2.91 bits per heavy atom. The van der Waals surface area contributed by atoms with Crippen LogP contribution in [-0.4, -0.2) is 26.1 Å². The van der Waals surface area contributed by atoms with Crippen LogP contribution in [0.1, 0.15) is 25.0 Å². The molecule has 5 nitrogen and oxygen atoms in total. The molecule has 0 amide bonds. The van der Waals surface area contributed by atoms with Crippen molar-refractivity contribution >= 4 is 11.4 Å². The van der Waals surface area contributed by atoms with Crippen molar-refractivity contribution in [3.63, 3.8) is 0 Å². The maximum Gasteiger partial charge on any atom is 0.0843 e. The number of allylic oxidation sites excluding steroid dienone is 2. The molecule has 0 unspecified atom stereocenters. The Morgan fingerprint density at radius 2 is 2.18 bits per heavy atom. The zero-order valence-corrected chi connectivity index (χ0v) is 12.9. The Labute approximate surface area is 130 Å². The summed E-state index contributed by atoms with van der Waals surface area (Å²) in [5.74, 6) is 0.820. The van der Waals surface area contributed by atoms with Gasteiger partial charge in [0, 0.05) is 32.5 Å². The predicted octanol–water partition coefficient (Wildman–Crippen LogP) is 2.83. The van der Waals surface area contributed by atoms with Crippen LogP contribution in [0.3, 0.4) is 0 Å². The maximum absolute atomic E-state index is 4.55. The van der Waals surface area contributed by atoms with Gasteiger partial charge in [-0.05, 0) is 30.9 Å². The Bertz CT molecular complexity index is 717. The van der Waals surface area contributed by atoms with Crippen LogP contribution >= 0.6 is 0 Å². The number of hydrogen-bond donors (Lipinski definition) is 0. The smallest absolute Gasteiger partial charge is 0.0843 e. The summed E-state index contributed by atoms with van der Waals surface area (Å²) in [4.78, 5) is 2.29. The van der Waals surface area contributed by atoms with E-state index in [0.717, 1.165) is 30.4 Å². The molecule has 0 atom stereocenters. The van der Waals surface area contributed by atoms with E-state index >= 15 is 0 Å². The number of nitrogens with zero attached hydrogens (tertiary/aromatic N) is 5. The third-order valence-corrected chi connectivity index (χ3v) is 4.65. The first-order valence-electron chi connectivity index (χ1n) is 7.96. The second-order valence-electron chi connectivity index (χ2n) is 6.15. The minimum absolute atomic E-state index is 0.820. The molecule has 4 rings (SSSR count). The van der Waals surface area contributed by atoms with Gasteiger partial charge < -0.3 is 4.90 Å². The lowest BCUT2D eigenvalue weighted by atomic mass is 9.85. The molecule has 22 heavy (non-hydrogen) atoms. The van der Waals surface area contributed by atoms with Crippen molar-refractivity contribution in [2.24, 2.45) is 13.0 Å². The highest BCUT2D eigenvalue weighted by Crippen LogP contribution is 2.30. The van der Waals surface area contributed by atoms with Gasteiger partial charge in [0.15, 0.2) is 0 Å². The minimum atomic E-state index is 0.820. The molecule has 5 heteroatoms. The summed E-state index contributed by atoms with van der Waals surface area (Å²) in [6.45, 7) is 1.92. The van der Waals surface area contributed by atoms with Gasteiger partial charge in [0.25, 0.3) is 0 Å². The molecule has 0 N–H and O–H groups in total. The molecule has 2 aromatic rings. The molecule has 1 aliphatic carbocycles. The minimum Gasteiger partial charge on any atom is -0.333 e. The fraction of sp³-hybridized carbons (Fsp3) is 0.412. The molecule has 1 aliphatic heterocycles. The van der Waals surface area contributed by atoms with Crippen LogP contribution < -0.4 is 4.90 Å². The van der Waals surface area contributed by atoms with Crippen molar-refractivity contribution in [1.29, 1.82) is 0 Å². The van der Waals surface area contributed by atoms with Gasteiger partial charge in [-0.25, -0.2) is 0 Å². The predicted molar refractivity (Wildman–Crippen MR) is 87.2 cm³/mol. The van der Waals surface area contributed by atoms with Crippen molar-refractivity contribution in [1.82, 2.24) is 19.6 Å². The van der Waals surface area contributed by atoms with E-state index in [4.69, 9.17) is 0 Å². The Morgan fingerprint density at radius 1 is 1.27 bits per heavy atom. The van der Waals surface area contributed by atoms with Gasteiger partial charge in [0.05, 0.1) is 23.3 Å². The number of anilines is 1. The monoisotopic (exact) mass is 295 g/mol. The van der Waals surface area contributed by atoms with E-state index in [1.54, 1.807) is 0 Å². The molecule has 2 aliphatic rings. The second-order valence-corrected chi connectivity index (χ2v) is 6.15.